The fourth-order valence-electron chi connectivity index (χ4n) is 4.77. The molecular formula is C30H33FN4O3. The normalized spacial score (nSPS) is 17.3. The maximum Gasteiger partial charge on any atom is 0.319 e. The number of rotatable bonds is 5. The second-order valence-corrected chi connectivity index (χ2v) is 10.6. The van der Waals surface area contributed by atoms with Crippen molar-refractivity contribution in [2.24, 2.45) is 0 Å². The van der Waals surface area contributed by atoms with E-state index >= 15 is 0 Å². The first-order valence-electron chi connectivity index (χ1n) is 12.6. The number of benzene rings is 3. The van der Waals surface area contributed by atoms with Gasteiger partial charge in [0, 0.05) is 22.8 Å². The fourth-order valence-corrected chi connectivity index (χ4v) is 4.77. The van der Waals surface area contributed by atoms with E-state index in [4.69, 9.17) is 0 Å². The number of aryl methyl sites for hydroxylation is 1. The van der Waals surface area contributed by atoms with Crippen molar-refractivity contribution in [1.82, 2.24) is 10.6 Å². The van der Waals surface area contributed by atoms with Gasteiger partial charge in [-0.1, -0.05) is 42.5 Å². The molecule has 198 valence electrons. The molecule has 0 bridgehead atoms. The zero-order valence-electron chi connectivity index (χ0n) is 22.0. The molecule has 1 aliphatic heterocycles. The molecule has 3 aromatic carbocycles. The first-order valence-corrected chi connectivity index (χ1v) is 12.6. The smallest absolute Gasteiger partial charge is 0.319 e. The molecule has 0 aromatic heterocycles. The summed E-state index contributed by atoms with van der Waals surface area (Å²) in [6.07, 6.45) is 0.192. The summed E-state index contributed by atoms with van der Waals surface area (Å²) in [5.41, 5.74) is 3.09. The van der Waals surface area contributed by atoms with Crippen LogP contribution in [0, 0.1) is 12.7 Å². The van der Waals surface area contributed by atoms with Gasteiger partial charge >= 0.3 is 6.03 Å². The number of amides is 4. The maximum atomic E-state index is 14.3. The molecule has 0 saturated heterocycles. The number of nitrogens with zero attached hydrogens (tertiary/aromatic N) is 1. The predicted octanol–water partition coefficient (Wildman–Crippen LogP) is 5.11. The largest absolute Gasteiger partial charge is 0.350 e. The van der Waals surface area contributed by atoms with E-state index in [2.05, 4.69) is 16.0 Å². The Balaban J connectivity index is 1.71. The highest BCUT2D eigenvalue weighted by molar-refractivity contribution is 6.05. The zero-order chi connectivity index (χ0) is 27.4. The summed E-state index contributed by atoms with van der Waals surface area (Å²) in [5.74, 6) is -1.53. The van der Waals surface area contributed by atoms with Gasteiger partial charge in [0.15, 0.2) is 0 Å². The van der Waals surface area contributed by atoms with Crippen LogP contribution in [-0.4, -0.2) is 36.0 Å². The van der Waals surface area contributed by atoms with E-state index in [1.807, 2.05) is 58.0 Å². The quantitative estimate of drug-likeness (QED) is 0.440. The minimum atomic E-state index is -0.970. The third-order valence-electron chi connectivity index (χ3n) is 6.29. The molecule has 2 unspecified atom stereocenters. The first-order chi connectivity index (χ1) is 18.0. The number of anilines is 2. The van der Waals surface area contributed by atoms with Crippen LogP contribution in [-0.2, 0) is 9.59 Å². The van der Waals surface area contributed by atoms with E-state index in [1.54, 1.807) is 30.3 Å². The minimum Gasteiger partial charge on any atom is -0.350 e. The van der Waals surface area contributed by atoms with Crippen LogP contribution in [0.25, 0.3) is 0 Å². The summed E-state index contributed by atoms with van der Waals surface area (Å²) < 4.78 is 14.3. The van der Waals surface area contributed by atoms with E-state index in [1.165, 1.54) is 17.0 Å². The lowest BCUT2D eigenvalue weighted by molar-refractivity contribution is -0.125. The zero-order valence-corrected chi connectivity index (χ0v) is 22.0. The molecule has 4 rings (SSSR count). The Kier molecular flexibility index (Phi) is 7.80. The number of hydrogen-bond acceptors (Lipinski definition) is 3. The lowest BCUT2D eigenvalue weighted by Gasteiger charge is -2.28. The average Bonchev–Trinajstić information content (AvgIpc) is 2.93. The summed E-state index contributed by atoms with van der Waals surface area (Å²) in [4.78, 5) is 41.3. The Labute approximate surface area is 222 Å². The van der Waals surface area contributed by atoms with E-state index < -0.39 is 35.3 Å². The van der Waals surface area contributed by atoms with Crippen LogP contribution in [0.3, 0.4) is 0 Å². The number of fused-ring (bicyclic) bond motifs is 1. The molecule has 0 spiro atoms. The van der Waals surface area contributed by atoms with Gasteiger partial charge < -0.3 is 20.9 Å². The molecule has 2 atom stereocenters. The van der Waals surface area contributed by atoms with Gasteiger partial charge in [0.2, 0.25) is 11.8 Å². The molecule has 4 amide bonds. The van der Waals surface area contributed by atoms with E-state index in [0.717, 1.165) is 11.1 Å². The van der Waals surface area contributed by atoms with Gasteiger partial charge in [-0.25, -0.2) is 9.18 Å². The van der Waals surface area contributed by atoms with Crippen molar-refractivity contribution in [3.63, 3.8) is 0 Å². The molecule has 0 saturated carbocycles. The Bertz CT molecular complexity index is 1350. The second kappa shape index (κ2) is 11.0. The highest BCUT2D eigenvalue weighted by Gasteiger charge is 2.37. The van der Waals surface area contributed by atoms with Crippen molar-refractivity contribution in [2.75, 3.05) is 16.8 Å². The van der Waals surface area contributed by atoms with Gasteiger partial charge in [0.1, 0.15) is 18.4 Å². The Morgan fingerprint density at radius 1 is 1.00 bits per heavy atom. The van der Waals surface area contributed by atoms with Crippen molar-refractivity contribution >= 4 is 29.2 Å². The van der Waals surface area contributed by atoms with Crippen LogP contribution < -0.4 is 20.9 Å². The molecule has 3 aromatic rings. The Morgan fingerprint density at radius 3 is 2.45 bits per heavy atom. The SMILES string of the molecule is Cc1cccc(NC(=O)NC2CC(c3cccc(F)c3)c3ccccc3N(CC(=O)NC(C)(C)C)C2=O)c1. The van der Waals surface area contributed by atoms with Gasteiger partial charge in [0.25, 0.3) is 0 Å². The summed E-state index contributed by atoms with van der Waals surface area (Å²) in [6.45, 7) is 7.29. The Morgan fingerprint density at radius 2 is 1.74 bits per heavy atom. The highest BCUT2D eigenvalue weighted by atomic mass is 19.1. The van der Waals surface area contributed by atoms with Gasteiger partial charge in [-0.2, -0.15) is 0 Å². The van der Waals surface area contributed by atoms with Gasteiger partial charge in [-0.15, -0.1) is 0 Å². The predicted molar refractivity (Wildman–Crippen MR) is 147 cm³/mol. The molecule has 3 N–H and O–H groups in total. The van der Waals surface area contributed by atoms with E-state index in [0.29, 0.717) is 16.9 Å². The first kappa shape index (κ1) is 26.9. The molecule has 7 nitrogen and oxygen atoms in total. The summed E-state index contributed by atoms with van der Waals surface area (Å²) >= 11 is 0. The van der Waals surface area contributed by atoms with Gasteiger partial charge in [-0.05, 0) is 81.1 Å². The molecule has 0 radical (unpaired) electrons. The number of hydrogen-bond donors (Lipinski definition) is 3. The molecule has 1 heterocycles. The second-order valence-electron chi connectivity index (χ2n) is 10.6. The van der Waals surface area contributed by atoms with Crippen LogP contribution in [0.5, 0.6) is 0 Å². The van der Waals surface area contributed by atoms with Crippen molar-refractivity contribution in [2.45, 2.75) is 51.6 Å². The lowest BCUT2D eigenvalue weighted by atomic mass is 9.86. The standard InChI is InChI=1S/C30H33FN4O3/c1-19-9-7-12-22(15-19)32-29(38)33-25-17-24(20-10-8-11-21(31)16-20)23-13-5-6-14-26(23)35(28(25)37)18-27(36)34-30(2,3)4/h5-16,24-25H,17-18H2,1-4H3,(H,34,36)(H2,32,33,38). The van der Waals surface area contributed by atoms with Crippen molar-refractivity contribution in [3.05, 3.63) is 95.3 Å². The van der Waals surface area contributed by atoms with E-state index in [9.17, 15) is 18.8 Å². The number of para-hydroxylation sites is 1. The van der Waals surface area contributed by atoms with Crippen LogP contribution in [0.4, 0.5) is 20.6 Å². The number of urea groups is 1. The Hall–Kier alpha value is -4.20. The molecule has 8 heteroatoms. The monoisotopic (exact) mass is 516 g/mol. The summed E-state index contributed by atoms with van der Waals surface area (Å²) in [7, 11) is 0. The maximum absolute atomic E-state index is 14.3. The highest BCUT2D eigenvalue weighted by Crippen LogP contribution is 2.39. The van der Waals surface area contributed by atoms with Gasteiger partial charge in [-0.3, -0.25) is 9.59 Å². The molecular weight excluding hydrogens is 483 g/mol. The van der Waals surface area contributed by atoms with Crippen LogP contribution in [0.15, 0.2) is 72.8 Å². The molecule has 1 aliphatic rings. The number of nitrogens with one attached hydrogen (secondary N) is 3. The number of halogens is 1. The van der Waals surface area contributed by atoms with Crippen LogP contribution >= 0.6 is 0 Å². The average molecular weight is 517 g/mol. The lowest BCUT2D eigenvalue weighted by Crippen LogP contribution is -2.53. The summed E-state index contributed by atoms with van der Waals surface area (Å²) in [6, 6.07) is 19.3. The van der Waals surface area contributed by atoms with Gasteiger partial charge in [0.05, 0.1) is 0 Å². The summed E-state index contributed by atoms with van der Waals surface area (Å²) in [5, 5.41) is 8.49. The number of carbonyl (C=O) groups excluding carboxylic acids is 3. The third kappa shape index (κ3) is 6.56. The third-order valence-corrected chi connectivity index (χ3v) is 6.29. The van der Waals surface area contributed by atoms with Crippen molar-refractivity contribution in [3.8, 4) is 0 Å². The fraction of sp³-hybridized carbons (Fsp3) is 0.300. The number of carbonyl (C=O) groups is 3. The van der Waals surface area contributed by atoms with Crippen LogP contribution in [0.1, 0.15) is 49.8 Å². The topological polar surface area (TPSA) is 90.5 Å². The minimum absolute atomic E-state index is 0.192. The molecule has 0 aliphatic carbocycles. The van der Waals surface area contributed by atoms with Crippen LogP contribution in [0.2, 0.25) is 0 Å². The van der Waals surface area contributed by atoms with E-state index in [-0.39, 0.29) is 18.9 Å². The van der Waals surface area contributed by atoms with Crippen molar-refractivity contribution < 1.29 is 18.8 Å². The molecule has 38 heavy (non-hydrogen) atoms. The van der Waals surface area contributed by atoms with Crippen molar-refractivity contribution in [1.29, 1.82) is 0 Å². The molecule has 0 fully saturated rings.